The Hall–Kier alpha value is -3.67. The Bertz CT molecular complexity index is 1860. The van der Waals surface area contributed by atoms with Gasteiger partial charge < -0.3 is 30.2 Å². The van der Waals surface area contributed by atoms with Crippen molar-refractivity contribution in [3.8, 4) is 23.2 Å². The van der Waals surface area contributed by atoms with Crippen LogP contribution in [-0.2, 0) is 22.7 Å². The smallest absolute Gasteiger partial charge is 0.319 e. The Morgan fingerprint density at radius 1 is 1.11 bits per heavy atom. The molecular weight excluding hydrogens is 600 g/mol. The molecule has 0 radical (unpaired) electrons. The lowest BCUT2D eigenvalue weighted by Gasteiger charge is -2.37. The molecule has 3 atom stereocenters. The second-order valence-electron chi connectivity index (χ2n) is 12.2. The van der Waals surface area contributed by atoms with Crippen molar-refractivity contribution in [2.75, 3.05) is 57.1 Å². The first-order chi connectivity index (χ1) is 22.0. The van der Waals surface area contributed by atoms with Crippen LogP contribution in [0.1, 0.15) is 36.0 Å². The standard InChI is InChI=1S/C32H33F2N7O3S/c1-42-18-6-7-40(13-18)8-9-44-32-38-29-26(31(39-32)41-16-2-3-17(41)12-37-11-16)21-15-43-14-20(21)25(28(29)34)27-22(33)4-5-23-24(27)19(10-35)30(36)45-23/h4-5,16-18,37H,2-3,6-9,11-15,36H2,1H3. The van der Waals surface area contributed by atoms with Crippen LogP contribution >= 0.6 is 11.3 Å². The molecule has 8 rings (SSSR count). The summed E-state index contributed by atoms with van der Waals surface area (Å²) >= 11 is 1.18. The molecule has 3 N–H and O–H groups in total. The molecule has 0 amide bonds. The van der Waals surface area contributed by atoms with E-state index in [4.69, 9.17) is 24.9 Å². The number of nitrogens with two attached hydrogens (primary N) is 1. The summed E-state index contributed by atoms with van der Waals surface area (Å²) in [5.41, 5.74) is 7.70. The van der Waals surface area contributed by atoms with Crippen LogP contribution in [0.25, 0.3) is 32.1 Å². The Labute approximate surface area is 262 Å². The molecule has 2 bridgehead atoms. The number of nitrogen functional groups attached to an aromatic ring is 1. The number of hydrogen-bond donors (Lipinski definition) is 2. The number of aromatic nitrogens is 2. The van der Waals surface area contributed by atoms with Crippen molar-refractivity contribution in [3.63, 3.8) is 0 Å². The minimum Gasteiger partial charge on any atom is -0.462 e. The minimum atomic E-state index is -0.687. The molecule has 10 nitrogen and oxygen atoms in total. The van der Waals surface area contributed by atoms with E-state index in [0.717, 1.165) is 51.0 Å². The lowest BCUT2D eigenvalue weighted by atomic mass is 9.90. The summed E-state index contributed by atoms with van der Waals surface area (Å²) in [7, 11) is 1.73. The van der Waals surface area contributed by atoms with Gasteiger partial charge >= 0.3 is 6.01 Å². The molecule has 3 fully saturated rings. The number of nitriles is 1. The number of nitrogens with one attached hydrogen (secondary N) is 1. The summed E-state index contributed by atoms with van der Waals surface area (Å²) in [6.07, 6.45) is 3.17. The number of anilines is 2. The fourth-order valence-corrected chi connectivity index (χ4v) is 8.56. The second kappa shape index (κ2) is 11.3. The Kier molecular flexibility index (Phi) is 7.22. The zero-order valence-electron chi connectivity index (χ0n) is 24.9. The molecule has 0 aliphatic carbocycles. The van der Waals surface area contributed by atoms with Crippen molar-refractivity contribution < 1.29 is 23.0 Å². The number of likely N-dealkylation sites (tertiary alicyclic amines) is 1. The van der Waals surface area contributed by atoms with Crippen LogP contribution in [0.5, 0.6) is 6.01 Å². The molecule has 4 aliphatic heterocycles. The summed E-state index contributed by atoms with van der Waals surface area (Å²) in [5, 5.41) is 14.6. The fourth-order valence-electron chi connectivity index (χ4n) is 7.63. The van der Waals surface area contributed by atoms with Crippen molar-refractivity contribution in [1.82, 2.24) is 20.2 Å². The van der Waals surface area contributed by atoms with Gasteiger partial charge in [-0.15, -0.1) is 11.3 Å². The van der Waals surface area contributed by atoms with Crippen LogP contribution < -0.4 is 20.7 Å². The van der Waals surface area contributed by atoms with E-state index in [2.05, 4.69) is 26.2 Å². The van der Waals surface area contributed by atoms with Crippen molar-refractivity contribution >= 4 is 43.1 Å². The quantitative estimate of drug-likeness (QED) is 0.305. The number of benzene rings is 2. The van der Waals surface area contributed by atoms with E-state index < -0.39 is 11.6 Å². The zero-order valence-corrected chi connectivity index (χ0v) is 25.7. The molecule has 6 heterocycles. The Morgan fingerprint density at radius 3 is 2.67 bits per heavy atom. The van der Waals surface area contributed by atoms with Gasteiger partial charge in [0, 0.05) is 73.1 Å². The molecule has 0 spiro atoms. The Balaban J connectivity index is 1.31. The highest BCUT2D eigenvalue weighted by molar-refractivity contribution is 7.23. The number of rotatable bonds is 7. The van der Waals surface area contributed by atoms with Crippen LogP contribution in [0.3, 0.4) is 0 Å². The normalized spacial score (nSPS) is 22.9. The highest BCUT2D eigenvalue weighted by Crippen LogP contribution is 2.48. The molecule has 3 saturated heterocycles. The molecule has 13 heteroatoms. The van der Waals surface area contributed by atoms with E-state index in [1.54, 1.807) is 13.2 Å². The van der Waals surface area contributed by atoms with E-state index in [0.29, 0.717) is 40.0 Å². The largest absolute Gasteiger partial charge is 0.462 e. The average molecular weight is 634 g/mol. The lowest BCUT2D eigenvalue weighted by molar-refractivity contribution is 0.105. The topological polar surface area (TPSA) is 122 Å². The van der Waals surface area contributed by atoms with Gasteiger partial charge in [0.2, 0.25) is 0 Å². The molecule has 0 saturated carbocycles. The number of ether oxygens (including phenoxy) is 3. The number of piperazine rings is 1. The van der Waals surface area contributed by atoms with Gasteiger partial charge in [0.1, 0.15) is 34.8 Å². The highest BCUT2D eigenvalue weighted by Gasteiger charge is 2.40. The number of nitrogens with zero attached hydrogens (tertiary/aromatic N) is 5. The number of hydrogen-bond acceptors (Lipinski definition) is 11. The molecular formula is C32H33F2N7O3S. The van der Waals surface area contributed by atoms with E-state index in [1.807, 2.05) is 0 Å². The van der Waals surface area contributed by atoms with Crippen LogP contribution in [0.4, 0.5) is 19.6 Å². The Morgan fingerprint density at radius 2 is 1.91 bits per heavy atom. The first kappa shape index (κ1) is 28.8. The van der Waals surface area contributed by atoms with Crippen molar-refractivity contribution in [2.45, 2.75) is 50.7 Å². The third-order valence-corrected chi connectivity index (χ3v) is 10.8. The monoisotopic (exact) mass is 633 g/mol. The van der Waals surface area contributed by atoms with Crippen molar-refractivity contribution in [1.29, 1.82) is 5.26 Å². The summed E-state index contributed by atoms with van der Waals surface area (Å²) in [6.45, 7) is 4.63. The highest BCUT2D eigenvalue weighted by atomic mass is 32.1. The van der Waals surface area contributed by atoms with Gasteiger partial charge in [-0.2, -0.15) is 15.2 Å². The predicted molar refractivity (Wildman–Crippen MR) is 167 cm³/mol. The summed E-state index contributed by atoms with van der Waals surface area (Å²) in [5.74, 6) is -0.698. The minimum absolute atomic E-state index is 0.00440. The molecule has 2 aromatic carbocycles. The third-order valence-electron chi connectivity index (χ3n) is 9.78. The van der Waals surface area contributed by atoms with Crippen LogP contribution in [0, 0.1) is 23.0 Å². The van der Waals surface area contributed by atoms with Gasteiger partial charge in [0.25, 0.3) is 0 Å². The lowest BCUT2D eigenvalue weighted by Crippen LogP contribution is -2.52. The van der Waals surface area contributed by atoms with Gasteiger partial charge in [0.05, 0.1) is 30.3 Å². The van der Waals surface area contributed by atoms with Gasteiger partial charge in [-0.25, -0.2) is 8.78 Å². The van der Waals surface area contributed by atoms with Gasteiger partial charge in [-0.1, -0.05) is 0 Å². The van der Waals surface area contributed by atoms with Crippen molar-refractivity contribution in [2.24, 2.45) is 0 Å². The zero-order chi connectivity index (χ0) is 30.8. The number of fused-ring (bicyclic) bond motifs is 6. The molecule has 234 valence electrons. The van der Waals surface area contributed by atoms with Gasteiger partial charge in [-0.05, 0) is 42.5 Å². The summed E-state index contributed by atoms with van der Waals surface area (Å²) in [4.78, 5) is 14.2. The van der Waals surface area contributed by atoms with E-state index in [1.165, 1.54) is 17.4 Å². The maximum Gasteiger partial charge on any atom is 0.319 e. The average Bonchev–Trinajstić information content (AvgIpc) is 3.82. The van der Waals surface area contributed by atoms with E-state index in [-0.39, 0.29) is 64.6 Å². The van der Waals surface area contributed by atoms with E-state index >= 15 is 8.78 Å². The predicted octanol–water partition coefficient (Wildman–Crippen LogP) is 4.31. The first-order valence-electron chi connectivity index (χ1n) is 15.4. The maximum atomic E-state index is 17.2. The maximum absolute atomic E-state index is 17.2. The molecule has 4 aromatic rings. The van der Waals surface area contributed by atoms with Crippen LogP contribution in [0.15, 0.2) is 12.1 Å². The summed E-state index contributed by atoms with van der Waals surface area (Å²) < 4.78 is 51.3. The number of methoxy groups -OCH3 is 1. The van der Waals surface area contributed by atoms with Gasteiger partial charge in [-0.3, -0.25) is 4.90 Å². The SMILES string of the molecule is COC1CCN(CCOc2nc(N3C4CCC3CNC4)c3c4c(c(-c5c(F)ccc6sc(N)c(C#N)c56)c(F)c3n2)COC4)C1. The third kappa shape index (κ3) is 4.61. The van der Waals surface area contributed by atoms with Crippen molar-refractivity contribution in [3.05, 3.63) is 40.5 Å². The number of halogens is 2. The van der Waals surface area contributed by atoms with Crippen LogP contribution in [0.2, 0.25) is 0 Å². The van der Waals surface area contributed by atoms with Crippen LogP contribution in [-0.4, -0.2) is 79.5 Å². The molecule has 4 aliphatic rings. The number of thiophene rings is 1. The summed E-state index contributed by atoms with van der Waals surface area (Å²) in [6, 6.07) is 5.46. The first-order valence-corrected chi connectivity index (χ1v) is 16.2. The van der Waals surface area contributed by atoms with Gasteiger partial charge in [0.15, 0.2) is 5.82 Å². The molecule has 3 unspecified atom stereocenters. The van der Waals surface area contributed by atoms with E-state index in [9.17, 15) is 5.26 Å². The second-order valence-corrected chi connectivity index (χ2v) is 13.3. The molecule has 45 heavy (non-hydrogen) atoms. The fraction of sp³-hybridized carbons (Fsp3) is 0.469. The molecule has 2 aromatic heterocycles.